The number of nitrogens with one attached hydrogen (secondary N) is 1. The summed E-state index contributed by atoms with van der Waals surface area (Å²) >= 11 is 24.7. The molecule has 0 saturated heterocycles. The molecular formula is C46H48Cl4N12O8+2. The minimum atomic E-state index is -0.981. The van der Waals surface area contributed by atoms with Crippen LogP contribution in [0.2, 0.25) is 20.1 Å². The van der Waals surface area contributed by atoms with Crippen LogP contribution in [0.5, 0.6) is 0 Å². The Bertz CT molecular complexity index is 3020. The van der Waals surface area contributed by atoms with Gasteiger partial charge in [-0.1, -0.05) is 46.4 Å². The van der Waals surface area contributed by atoms with Gasteiger partial charge in [-0.15, -0.1) is 0 Å². The number of aliphatic carboxylic acids is 1. The van der Waals surface area contributed by atoms with Gasteiger partial charge in [0.05, 0.1) is 56.1 Å². The van der Waals surface area contributed by atoms with Crippen molar-refractivity contribution in [2.75, 3.05) is 13.2 Å². The highest BCUT2D eigenvalue weighted by atomic mass is 35.5. The van der Waals surface area contributed by atoms with E-state index in [1.54, 1.807) is 81.4 Å². The first-order chi connectivity index (χ1) is 33.4. The molecular weight excluding hydrogens is 990 g/mol. The van der Waals surface area contributed by atoms with Crippen LogP contribution in [0.4, 0.5) is 0 Å². The van der Waals surface area contributed by atoms with Crippen molar-refractivity contribution in [1.82, 2.24) is 49.5 Å². The highest BCUT2D eigenvalue weighted by Crippen LogP contribution is 2.32. The lowest BCUT2D eigenvalue weighted by Gasteiger charge is -2.03. The predicted molar refractivity (Wildman–Crippen MR) is 257 cm³/mol. The fourth-order valence-electron chi connectivity index (χ4n) is 6.15. The number of rotatable bonds is 12. The molecule has 0 amide bonds. The fraction of sp³-hybridized carbons (Fsp3) is 0.239. The second-order valence-corrected chi connectivity index (χ2v) is 16.1. The molecule has 0 unspecified atom stereocenters. The molecule has 8 rings (SSSR count). The van der Waals surface area contributed by atoms with E-state index in [1.807, 2.05) is 38.1 Å². The van der Waals surface area contributed by atoms with Gasteiger partial charge in [0, 0.05) is 80.8 Å². The maximum absolute atomic E-state index is 11.5. The highest BCUT2D eigenvalue weighted by Gasteiger charge is 2.20. The first-order valence-corrected chi connectivity index (χ1v) is 22.6. The van der Waals surface area contributed by atoms with Crippen LogP contribution in [0.15, 0.2) is 98.1 Å². The number of aromatic nitrogens is 12. The van der Waals surface area contributed by atoms with E-state index in [-0.39, 0.29) is 31.6 Å². The number of pyridine rings is 4. The van der Waals surface area contributed by atoms with Crippen LogP contribution in [0, 0.1) is 27.7 Å². The summed E-state index contributed by atoms with van der Waals surface area (Å²) in [6, 6.07) is 14.0. The van der Waals surface area contributed by atoms with E-state index in [0.717, 1.165) is 43.2 Å². The molecule has 0 fully saturated rings. The highest BCUT2D eigenvalue weighted by molar-refractivity contribution is 6.34. The number of esters is 2. The number of ether oxygens (including phenoxy) is 2. The van der Waals surface area contributed by atoms with Crippen molar-refractivity contribution < 1.29 is 48.8 Å². The van der Waals surface area contributed by atoms with E-state index >= 15 is 0 Å². The lowest BCUT2D eigenvalue weighted by molar-refractivity contribution is -0.904. The molecule has 0 aliphatic carbocycles. The topological polar surface area (TPSA) is 246 Å². The van der Waals surface area contributed by atoms with Gasteiger partial charge in [0.15, 0.2) is 0 Å². The number of aromatic amines is 1. The molecule has 4 N–H and O–H groups in total. The summed E-state index contributed by atoms with van der Waals surface area (Å²) in [5.74, 6) is -1.67. The standard InChI is InChI=1S/C13H15ClN3O3.C13H14ClN3O2.C11H10ClN3O3.C9H8ClN3/c1-3-20-11(18)8-17-9(2)12(14)13(15-17)10-4-6-16(19)7-5-10;1-3-19-11(18)8-17-9(2)12(14)13(16-17)10-4-6-15-7-5-10;1-7-10(12)11(13-15(7)6-9(16)17)8-2-4-14(18)5-3-8;1-6-8(10)9(13-12-6)7-2-4-11-5-3-7/h4-7,19H,3,8H2,1-2H3;4-7H,3,8H2,1-2H3;2-5H,6H2,1H3,(H-,13,16,17,18);2-5H,1H3,(H,12,13)/q+1;;;/p+1. The van der Waals surface area contributed by atoms with Crippen molar-refractivity contribution in [3.8, 4) is 45.0 Å². The average Bonchev–Trinajstić information content (AvgIpc) is 4.02. The molecule has 0 atom stereocenters. The summed E-state index contributed by atoms with van der Waals surface area (Å²) in [7, 11) is 0. The van der Waals surface area contributed by atoms with Gasteiger partial charge in [-0.2, -0.15) is 20.4 Å². The molecule has 0 spiro atoms. The van der Waals surface area contributed by atoms with Crippen LogP contribution in [0.25, 0.3) is 45.0 Å². The van der Waals surface area contributed by atoms with Gasteiger partial charge >= 0.3 is 17.9 Å². The summed E-state index contributed by atoms with van der Waals surface area (Å²) in [5.41, 5.74) is 8.69. The molecule has 70 heavy (non-hydrogen) atoms. The number of H-pyrrole nitrogens is 1. The molecule has 8 aromatic rings. The molecule has 8 heterocycles. The number of carbonyl (C=O) groups excluding carboxylic acids is 2. The molecule has 0 bridgehead atoms. The van der Waals surface area contributed by atoms with Crippen LogP contribution in [-0.4, -0.2) is 96.1 Å². The Morgan fingerprint density at radius 2 is 0.871 bits per heavy atom. The molecule has 20 nitrogen and oxygen atoms in total. The SMILES string of the molecule is CCOC(=O)Cn1nc(-c2cc[n+](O)cc2)c(Cl)c1C.CCOC(=O)Cn1nc(-c2ccncc2)c(Cl)c1C.Cc1[nH]nc(-c2ccncc2)c1Cl.Cc1c(Cl)c(-c2cc[n+](O)cc2)nn1CC(=O)O. The first-order valence-electron chi connectivity index (χ1n) is 21.1. The monoisotopic (exact) mass is 1040 g/mol. The van der Waals surface area contributed by atoms with Gasteiger partial charge < -0.3 is 14.6 Å². The van der Waals surface area contributed by atoms with Gasteiger partial charge in [-0.05, 0) is 65.8 Å². The number of hydrogen-bond donors (Lipinski definition) is 4. The van der Waals surface area contributed by atoms with Crippen LogP contribution < -0.4 is 9.46 Å². The molecule has 0 saturated carbocycles. The molecule has 0 radical (unpaired) electrons. The minimum absolute atomic E-state index is 0.0201. The maximum atomic E-state index is 11.5. The largest absolute Gasteiger partial charge is 0.480 e. The number of aryl methyl sites for hydroxylation is 1. The molecule has 24 heteroatoms. The van der Waals surface area contributed by atoms with Gasteiger partial charge in [-0.3, -0.25) is 53.9 Å². The third kappa shape index (κ3) is 14.1. The zero-order valence-electron chi connectivity index (χ0n) is 38.6. The third-order valence-corrected chi connectivity index (χ3v) is 11.6. The lowest BCUT2D eigenvalue weighted by Crippen LogP contribution is -2.27. The second kappa shape index (κ2) is 25.3. The summed E-state index contributed by atoms with van der Waals surface area (Å²) in [6.45, 7) is 11.2. The summed E-state index contributed by atoms with van der Waals surface area (Å²) in [6.07, 6.45) is 12.6. The van der Waals surface area contributed by atoms with Crippen molar-refractivity contribution in [2.45, 2.75) is 61.2 Å². The molecule has 0 aliphatic heterocycles. The Morgan fingerprint density at radius 1 is 0.543 bits per heavy atom. The quantitative estimate of drug-likeness (QED) is 0.0522. The molecule has 366 valence electrons. The number of carbonyl (C=O) groups is 3. The van der Waals surface area contributed by atoms with Crippen LogP contribution in [-0.2, 0) is 43.5 Å². The van der Waals surface area contributed by atoms with Crippen molar-refractivity contribution in [2.24, 2.45) is 0 Å². The maximum Gasteiger partial charge on any atom is 0.327 e. The van der Waals surface area contributed by atoms with Crippen LogP contribution in [0.3, 0.4) is 0 Å². The molecule has 8 aromatic heterocycles. The number of halogens is 4. The summed E-state index contributed by atoms with van der Waals surface area (Å²) in [5, 5.41) is 49.0. The third-order valence-electron chi connectivity index (χ3n) is 9.81. The number of carboxylic acids is 1. The molecule has 0 aliphatic rings. The van der Waals surface area contributed by atoms with Crippen molar-refractivity contribution in [3.63, 3.8) is 0 Å². The Kier molecular flexibility index (Phi) is 19.3. The number of nitrogens with zero attached hydrogens (tertiary/aromatic N) is 11. The summed E-state index contributed by atoms with van der Waals surface area (Å²) < 4.78 is 16.0. The van der Waals surface area contributed by atoms with E-state index in [2.05, 4.69) is 35.5 Å². The van der Waals surface area contributed by atoms with Gasteiger partial charge in [-0.25, -0.2) is 0 Å². The fourth-order valence-corrected chi connectivity index (χ4v) is 7.08. The van der Waals surface area contributed by atoms with E-state index in [0.29, 0.717) is 67.3 Å². The van der Waals surface area contributed by atoms with Gasteiger partial charge in [0.25, 0.3) is 0 Å². The van der Waals surface area contributed by atoms with Crippen molar-refractivity contribution >= 4 is 64.3 Å². The van der Waals surface area contributed by atoms with Gasteiger partial charge in [0.1, 0.15) is 42.4 Å². The van der Waals surface area contributed by atoms with Crippen molar-refractivity contribution in [1.29, 1.82) is 0 Å². The average molecular weight is 1040 g/mol. The van der Waals surface area contributed by atoms with Crippen LogP contribution in [0.1, 0.15) is 36.6 Å². The zero-order valence-corrected chi connectivity index (χ0v) is 41.6. The Balaban J connectivity index is 0.000000176. The predicted octanol–water partition coefficient (Wildman–Crippen LogP) is 7.62. The first kappa shape index (κ1) is 53.6. The lowest BCUT2D eigenvalue weighted by atomic mass is 10.2. The molecule has 0 aromatic carbocycles. The normalized spacial score (nSPS) is 10.5. The van der Waals surface area contributed by atoms with Crippen LogP contribution >= 0.6 is 46.4 Å². The van der Waals surface area contributed by atoms with Gasteiger partial charge in [0.2, 0.25) is 24.8 Å². The second-order valence-electron chi connectivity index (χ2n) is 14.6. The van der Waals surface area contributed by atoms with Crippen molar-refractivity contribution in [3.05, 3.63) is 141 Å². The Morgan fingerprint density at radius 3 is 1.19 bits per heavy atom. The Labute approximate surface area is 421 Å². The Hall–Kier alpha value is -7.39. The number of carboxylic acid groups (broad SMARTS) is 1. The number of hydrogen-bond acceptors (Lipinski definition) is 13. The van der Waals surface area contributed by atoms with E-state index < -0.39 is 5.97 Å². The minimum Gasteiger partial charge on any atom is -0.480 e. The van der Waals surface area contributed by atoms with E-state index in [1.165, 1.54) is 34.2 Å². The van der Waals surface area contributed by atoms with E-state index in [4.69, 9.17) is 66.2 Å². The summed E-state index contributed by atoms with van der Waals surface area (Å²) in [4.78, 5) is 41.5. The smallest absolute Gasteiger partial charge is 0.327 e. The van der Waals surface area contributed by atoms with E-state index in [9.17, 15) is 19.6 Å². The zero-order chi connectivity index (χ0) is 51.1.